The van der Waals surface area contributed by atoms with Crippen LogP contribution >= 0.6 is 15.9 Å². The molecule has 0 heterocycles. The topological polar surface area (TPSA) is 49.3 Å². The Bertz CT molecular complexity index is 379. The van der Waals surface area contributed by atoms with Gasteiger partial charge in [-0.05, 0) is 31.0 Å². The van der Waals surface area contributed by atoms with Crippen LogP contribution in [0.3, 0.4) is 0 Å². The van der Waals surface area contributed by atoms with E-state index in [0.717, 1.165) is 15.7 Å². The van der Waals surface area contributed by atoms with Gasteiger partial charge in [0.2, 0.25) is 0 Å². The average Bonchev–Trinajstić information content (AvgIpc) is 2.22. The van der Waals surface area contributed by atoms with Crippen LogP contribution in [0.5, 0.6) is 0 Å². The lowest BCUT2D eigenvalue weighted by atomic mass is 10.1. The molecule has 88 valence electrons. The molecule has 0 aliphatic rings. The van der Waals surface area contributed by atoms with Gasteiger partial charge in [-0.3, -0.25) is 4.79 Å². The fourth-order valence-corrected chi connectivity index (χ4v) is 1.69. The van der Waals surface area contributed by atoms with Gasteiger partial charge < -0.3 is 10.4 Å². The minimum atomic E-state index is -0.743. The first-order chi connectivity index (χ1) is 7.50. The van der Waals surface area contributed by atoms with Crippen molar-refractivity contribution in [3.8, 4) is 0 Å². The van der Waals surface area contributed by atoms with Crippen LogP contribution in [0.4, 0.5) is 5.69 Å². The molecular weight excluding hydrogens is 270 g/mol. The van der Waals surface area contributed by atoms with Crippen molar-refractivity contribution >= 4 is 27.6 Å². The molecule has 0 spiro atoms. The van der Waals surface area contributed by atoms with Gasteiger partial charge in [-0.2, -0.15) is 0 Å². The highest BCUT2D eigenvalue weighted by atomic mass is 79.9. The standard InChI is InChI=1S/C12H16BrNO2/c1-8-3-4-10(13)7-11(8)14-6-5-9(2)12(15)16/h3-4,7,9,14H,5-6H2,1-2H3,(H,15,16). The van der Waals surface area contributed by atoms with Gasteiger partial charge in [0.25, 0.3) is 0 Å². The fraction of sp³-hybridized carbons (Fsp3) is 0.417. The number of carboxylic acids is 1. The molecule has 0 aromatic heterocycles. The van der Waals surface area contributed by atoms with E-state index in [1.165, 1.54) is 0 Å². The first kappa shape index (κ1) is 13.0. The zero-order chi connectivity index (χ0) is 12.1. The first-order valence-electron chi connectivity index (χ1n) is 5.23. The van der Waals surface area contributed by atoms with Crippen LogP contribution in [0.25, 0.3) is 0 Å². The smallest absolute Gasteiger partial charge is 0.306 e. The Hall–Kier alpha value is -1.03. The maximum atomic E-state index is 10.6. The van der Waals surface area contributed by atoms with Gasteiger partial charge in [-0.25, -0.2) is 0 Å². The summed E-state index contributed by atoms with van der Waals surface area (Å²) in [5, 5.41) is 12.0. The number of benzene rings is 1. The molecule has 0 aliphatic heterocycles. The summed E-state index contributed by atoms with van der Waals surface area (Å²) in [5.41, 5.74) is 2.21. The number of aryl methyl sites for hydroxylation is 1. The summed E-state index contributed by atoms with van der Waals surface area (Å²) in [7, 11) is 0. The van der Waals surface area contributed by atoms with Crippen molar-refractivity contribution in [3.05, 3.63) is 28.2 Å². The third kappa shape index (κ3) is 3.85. The van der Waals surface area contributed by atoms with Crippen LogP contribution in [-0.4, -0.2) is 17.6 Å². The number of rotatable bonds is 5. The molecule has 16 heavy (non-hydrogen) atoms. The van der Waals surface area contributed by atoms with E-state index >= 15 is 0 Å². The Labute approximate surface area is 104 Å². The molecule has 1 atom stereocenters. The SMILES string of the molecule is Cc1ccc(Br)cc1NCCC(C)C(=O)O. The second-order valence-corrected chi connectivity index (χ2v) is 4.83. The minimum Gasteiger partial charge on any atom is -0.481 e. The van der Waals surface area contributed by atoms with Gasteiger partial charge >= 0.3 is 5.97 Å². The van der Waals surface area contributed by atoms with Gasteiger partial charge in [0.05, 0.1) is 5.92 Å². The summed E-state index contributed by atoms with van der Waals surface area (Å²) in [4.78, 5) is 10.6. The van der Waals surface area contributed by atoms with Gasteiger partial charge in [-0.15, -0.1) is 0 Å². The summed E-state index contributed by atoms with van der Waals surface area (Å²) in [5.74, 6) is -1.05. The molecule has 0 fully saturated rings. The van der Waals surface area contributed by atoms with Gasteiger partial charge in [0, 0.05) is 16.7 Å². The molecule has 1 aromatic carbocycles. The van der Waals surface area contributed by atoms with Gasteiger partial charge in [0.15, 0.2) is 0 Å². The van der Waals surface area contributed by atoms with E-state index in [4.69, 9.17) is 5.11 Å². The number of hydrogen-bond donors (Lipinski definition) is 2. The Kier molecular flexibility index (Phi) is 4.80. The normalized spacial score (nSPS) is 12.2. The summed E-state index contributed by atoms with van der Waals surface area (Å²) >= 11 is 3.41. The molecule has 2 N–H and O–H groups in total. The Balaban J connectivity index is 2.48. The van der Waals surface area contributed by atoms with Gasteiger partial charge in [0.1, 0.15) is 0 Å². The minimum absolute atomic E-state index is 0.306. The zero-order valence-corrected chi connectivity index (χ0v) is 11.0. The third-order valence-corrected chi connectivity index (χ3v) is 3.01. The monoisotopic (exact) mass is 285 g/mol. The highest BCUT2D eigenvalue weighted by molar-refractivity contribution is 9.10. The van der Waals surface area contributed by atoms with Gasteiger partial charge in [-0.1, -0.05) is 28.9 Å². The number of anilines is 1. The lowest BCUT2D eigenvalue weighted by Gasteiger charge is -2.11. The van der Waals surface area contributed by atoms with E-state index in [1.807, 2.05) is 25.1 Å². The van der Waals surface area contributed by atoms with Crippen molar-refractivity contribution in [2.75, 3.05) is 11.9 Å². The molecule has 0 radical (unpaired) electrons. The van der Waals surface area contributed by atoms with Crippen molar-refractivity contribution in [2.45, 2.75) is 20.3 Å². The number of halogens is 1. The molecule has 0 amide bonds. The van der Waals surface area contributed by atoms with Crippen molar-refractivity contribution < 1.29 is 9.90 Å². The van der Waals surface area contributed by atoms with Crippen molar-refractivity contribution in [1.29, 1.82) is 0 Å². The van der Waals surface area contributed by atoms with E-state index in [-0.39, 0.29) is 5.92 Å². The molecule has 0 saturated carbocycles. The van der Waals surface area contributed by atoms with E-state index in [2.05, 4.69) is 21.2 Å². The summed E-state index contributed by atoms with van der Waals surface area (Å²) in [6.45, 7) is 4.41. The summed E-state index contributed by atoms with van der Waals surface area (Å²) in [6, 6.07) is 6.01. The number of carboxylic acid groups (broad SMARTS) is 1. The number of nitrogens with one attached hydrogen (secondary N) is 1. The second-order valence-electron chi connectivity index (χ2n) is 3.91. The lowest BCUT2D eigenvalue weighted by Crippen LogP contribution is -2.14. The van der Waals surface area contributed by atoms with E-state index in [1.54, 1.807) is 6.92 Å². The predicted octanol–water partition coefficient (Wildman–Crippen LogP) is 3.28. The van der Waals surface area contributed by atoms with Crippen molar-refractivity contribution in [3.63, 3.8) is 0 Å². The molecule has 4 heteroatoms. The molecule has 3 nitrogen and oxygen atoms in total. The quantitative estimate of drug-likeness (QED) is 0.873. The zero-order valence-electron chi connectivity index (χ0n) is 9.46. The van der Waals surface area contributed by atoms with E-state index in [9.17, 15) is 4.79 Å². The van der Waals surface area contributed by atoms with Crippen LogP contribution < -0.4 is 5.32 Å². The largest absolute Gasteiger partial charge is 0.481 e. The van der Waals surface area contributed by atoms with Crippen LogP contribution in [0.15, 0.2) is 22.7 Å². The Morgan fingerprint density at radius 3 is 2.88 bits per heavy atom. The number of aliphatic carboxylic acids is 1. The highest BCUT2D eigenvalue weighted by Gasteiger charge is 2.09. The highest BCUT2D eigenvalue weighted by Crippen LogP contribution is 2.20. The molecule has 0 saturated heterocycles. The van der Waals surface area contributed by atoms with Crippen molar-refractivity contribution in [1.82, 2.24) is 0 Å². The summed E-state index contributed by atoms with van der Waals surface area (Å²) < 4.78 is 1.02. The van der Waals surface area contributed by atoms with Crippen LogP contribution in [0.2, 0.25) is 0 Å². The maximum absolute atomic E-state index is 10.6. The molecular formula is C12H16BrNO2. The molecule has 1 rings (SSSR count). The third-order valence-electron chi connectivity index (χ3n) is 2.51. The van der Waals surface area contributed by atoms with E-state index in [0.29, 0.717) is 13.0 Å². The van der Waals surface area contributed by atoms with Crippen molar-refractivity contribution in [2.24, 2.45) is 5.92 Å². The Morgan fingerprint density at radius 1 is 1.56 bits per heavy atom. The molecule has 1 unspecified atom stereocenters. The first-order valence-corrected chi connectivity index (χ1v) is 6.03. The fourth-order valence-electron chi connectivity index (χ4n) is 1.33. The van der Waals surface area contributed by atoms with Crippen LogP contribution in [0, 0.1) is 12.8 Å². The number of hydrogen-bond acceptors (Lipinski definition) is 2. The molecule has 1 aromatic rings. The summed E-state index contributed by atoms with van der Waals surface area (Å²) in [6.07, 6.45) is 0.626. The van der Waals surface area contributed by atoms with Crippen LogP contribution in [0.1, 0.15) is 18.9 Å². The second kappa shape index (κ2) is 5.89. The Morgan fingerprint density at radius 2 is 2.25 bits per heavy atom. The maximum Gasteiger partial charge on any atom is 0.306 e. The number of carbonyl (C=O) groups is 1. The predicted molar refractivity (Wildman–Crippen MR) is 68.8 cm³/mol. The van der Waals surface area contributed by atoms with E-state index < -0.39 is 5.97 Å². The molecule has 0 bridgehead atoms. The van der Waals surface area contributed by atoms with Crippen LogP contribution in [-0.2, 0) is 4.79 Å². The molecule has 0 aliphatic carbocycles. The lowest BCUT2D eigenvalue weighted by molar-refractivity contribution is -0.141. The average molecular weight is 286 g/mol.